The number of hydrogen-bond acceptors (Lipinski definition) is 4. The second kappa shape index (κ2) is 9.14. The van der Waals surface area contributed by atoms with Crippen molar-refractivity contribution in [2.45, 2.75) is 17.3 Å². The monoisotopic (exact) mass is 386 g/mol. The smallest absolute Gasteiger partial charge is 0.387 e. The van der Waals surface area contributed by atoms with Crippen molar-refractivity contribution in [2.24, 2.45) is 0 Å². The van der Waals surface area contributed by atoms with Gasteiger partial charge in [0, 0.05) is 34.3 Å². The third kappa shape index (κ3) is 5.79. The minimum Gasteiger partial charge on any atom is -0.435 e. The van der Waals surface area contributed by atoms with Gasteiger partial charge in [-0.1, -0.05) is 12.1 Å². The largest absolute Gasteiger partial charge is 0.435 e. The number of nitrogens with zero attached hydrogens (tertiary/aromatic N) is 1. The number of benzene rings is 2. The molecule has 1 aromatic heterocycles. The molecule has 138 valence electrons. The van der Waals surface area contributed by atoms with Crippen molar-refractivity contribution in [3.05, 3.63) is 84.2 Å². The van der Waals surface area contributed by atoms with E-state index in [0.29, 0.717) is 5.69 Å². The van der Waals surface area contributed by atoms with Gasteiger partial charge in [0.2, 0.25) is 0 Å². The maximum Gasteiger partial charge on any atom is 0.387 e. The fourth-order valence-corrected chi connectivity index (χ4v) is 3.13. The molecule has 4 nitrogen and oxygen atoms in total. The van der Waals surface area contributed by atoms with Gasteiger partial charge in [-0.05, 0) is 54.1 Å². The maximum atomic E-state index is 12.3. The van der Waals surface area contributed by atoms with Crippen molar-refractivity contribution >= 4 is 23.4 Å². The predicted octanol–water partition coefficient (Wildman–Crippen LogP) is 5.23. The third-order valence-corrected chi connectivity index (χ3v) is 4.65. The van der Waals surface area contributed by atoms with E-state index in [4.69, 9.17) is 0 Å². The van der Waals surface area contributed by atoms with Gasteiger partial charge in [0.25, 0.3) is 5.91 Å². The van der Waals surface area contributed by atoms with E-state index in [-0.39, 0.29) is 11.3 Å². The number of nitrogens with one attached hydrogen (secondary N) is 1. The number of halogens is 2. The number of amides is 1. The molecule has 1 N–H and O–H groups in total. The van der Waals surface area contributed by atoms with E-state index < -0.39 is 12.5 Å². The van der Waals surface area contributed by atoms with Crippen molar-refractivity contribution < 1.29 is 18.3 Å². The summed E-state index contributed by atoms with van der Waals surface area (Å²) in [5.74, 6) is 0.349. The van der Waals surface area contributed by atoms with Crippen LogP contribution in [0.2, 0.25) is 0 Å². The zero-order valence-electron chi connectivity index (χ0n) is 14.1. The SMILES string of the molecule is O=C(Nc1ccc(SCc2cccnc2)cc1)c1cccc(OC(F)F)c1. The lowest BCUT2D eigenvalue weighted by atomic mass is 10.2. The molecule has 0 aliphatic rings. The number of anilines is 1. The summed E-state index contributed by atoms with van der Waals surface area (Å²) in [4.78, 5) is 17.4. The van der Waals surface area contributed by atoms with Gasteiger partial charge in [0.1, 0.15) is 5.75 Å². The molecule has 0 radical (unpaired) electrons. The van der Waals surface area contributed by atoms with Gasteiger partial charge >= 0.3 is 6.61 Å². The number of aromatic nitrogens is 1. The predicted molar refractivity (Wildman–Crippen MR) is 101 cm³/mol. The standard InChI is InChI=1S/C20H16F2N2O2S/c21-20(22)26-17-5-1-4-15(11-17)19(25)24-16-6-8-18(9-7-16)27-13-14-3-2-10-23-12-14/h1-12,20H,13H2,(H,24,25). The van der Waals surface area contributed by atoms with Crippen LogP contribution in [0.25, 0.3) is 0 Å². The highest BCUT2D eigenvalue weighted by Crippen LogP contribution is 2.24. The number of rotatable bonds is 7. The highest BCUT2D eigenvalue weighted by Gasteiger charge is 2.10. The average molecular weight is 386 g/mol. The van der Waals surface area contributed by atoms with Crippen LogP contribution in [-0.2, 0) is 5.75 Å². The topological polar surface area (TPSA) is 51.2 Å². The molecular formula is C20H16F2N2O2S. The first-order valence-electron chi connectivity index (χ1n) is 8.08. The van der Waals surface area contributed by atoms with Crippen molar-refractivity contribution in [1.29, 1.82) is 0 Å². The first kappa shape index (κ1) is 18.8. The Morgan fingerprint density at radius 2 is 1.93 bits per heavy atom. The summed E-state index contributed by atoms with van der Waals surface area (Å²) in [5, 5.41) is 2.74. The quantitative estimate of drug-likeness (QED) is 0.565. The van der Waals surface area contributed by atoms with Crippen LogP contribution in [0.5, 0.6) is 5.75 Å². The van der Waals surface area contributed by atoms with Crippen molar-refractivity contribution in [3.8, 4) is 5.75 Å². The molecule has 0 aliphatic carbocycles. The van der Waals surface area contributed by atoms with Crippen LogP contribution in [-0.4, -0.2) is 17.5 Å². The number of ether oxygens (including phenoxy) is 1. The molecule has 1 heterocycles. The van der Waals surface area contributed by atoms with Gasteiger partial charge in [-0.15, -0.1) is 11.8 Å². The molecule has 1 amide bonds. The van der Waals surface area contributed by atoms with Gasteiger partial charge in [-0.2, -0.15) is 8.78 Å². The molecule has 0 aliphatic heterocycles. The Bertz CT molecular complexity index is 890. The lowest BCUT2D eigenvalue weighted by Gasteiger charge is -2.09. The fraction of sp³-hybridized carbons (Fsp3) is 0.100. The highest BCUT2D eigenvalue weighted by atomic mass is 32.2. The van der Waals surface area contributed by atoms with Gasteiger partial charge in [0.05, 0.1) is 0 Å². The highest BCUT2D eigenvalue weighted by molar-refractivity contribution is 7.98. The van der Waals surface area contributed by atoms with E-state index in [0.717, 1.165) is 16.2 Å². The second-order valence-electron chi connectivity index (χ2n) is 5.53. The van der Waals surface area contributed by atoms with E-state index >= 15 is 0 Å². The summed E-state index contributed by atoms with van der Waals surface area (Å²) in [6.07, 6.45) is 3.56. The van der Waals surface area contributed by atoms with Gasteiger partial charge in [-0.3, -0.25) is 9.78 Å². The molecule has 0 fully saturated rings. The van der Waals surface area contributed by atoms with Gasteiger partial charge < -0.3 is 10.1 Å². The van der Waals surface area contributed by atoms with Crippen molar-refractivity contribution in [3.63, 3.8) is 0 Å². The maximum absolute atomic E-state index is 12.3. The number of alkyl halides is 2. The number of carbonyl (C=O) groups excluding carboxylic acids is 1. The normalized spacial score (nSPS) is 10.6. The average Bonchev–Trinajstić information content (AvgIpc) is 2.68. The van der Waals surface area contributed by atoms with E-state index in [1.54, 1.807) is 30.1 Å². The molecule has 3 rings (SSSR count). The van der Waals surface area contributed by atoms with E-state index in [1.165, 1.54) is 24.3 Å². The zero-order chi connectivity index (χ0) is 19.1. The van der Waals surface area contributed by atoms with E-state index in [9.17, 15) is 13.6 Å². The molecule has 7 heteroatoms. The molecule has 2 aromatic carbocycles. The van der Waals surface area contributed by atoms with Crippen LogP contribution in [0.1, 0.15) is 15.9 Å². The summed E-state index contributed by atoms with van der Waals surface area (Å²) in [5.41, 5.74) is 1.99. The van der Waals surface area contributed by atoms with Crippen LogP contribution in [0, 0.1) is 0 Å². The first-order valence-corrected chi connectivity index (χ1v) is 9.07. The first-order chi connectivity index (χ1) is 13.1. The Labute approximate surface area is 159 Å². The molecule has 0 spiro atoms. The van der Waals surface area contributed by atoms with Gasteiger partial charge in [0.15, 0.2) is 0 Å². The Kier molecular flexibility index (Phi) is 6.38. The summed E-state index contributed by atoms with van der Waals surface area (Å²) in [7, 11) is 0. The fourth-order valence-electron chi connectivity index (χ4n) is 2.30. The van der Waals surface area contributed by atoms with E-state index in [2.05, 4.69) is 15.0 Å². The summed E-state index contributed by atoms with van der Waals surface area (Å²) < 4.78 is 28.9. The lowest BCUT2D eigenvalue weighted by Crippen LogP contribution is -2.12. The summed E-state index contributed by atoms with van der Waals surface area (Å²) in [6, 6.07) is 17.0. The number of pyridine rings is 1. The minimum absolute atomic E-state index is 0.0557. The molecule has 0 saturated heterocycles. The van der Waals surface area contributed by atoms with Crippen LogP contribution < -0.4 is 10.1 Å². The van der Waals surface area contributed by atoms with E-state index in [1.807, 2.05) is 30.5 Å². The Balaban J connectivity index is 1.58. The van der Waals surface area contributed by atoms with Crippen LogP contribution in [0.3, 0.4) is 0 Å². The molecule has 0 bridgehead atoms. The Morgan fingerprint density at radius 1 is 1.11 bits per heavy atom. The summed E-state index contributed by atoms with van der Waals surface area (Å²) in [6.45, 7) is -2.93. The van der Waals surface area contributed by atoms with Gasteiger partial charge in [-0.25, -0.2) is 0 Å². The Morgan fingerprint density at radius 3 is 2.63 bits per heavy atom. The van der Waals surface area contributed by atoms with Crippen molar-refractivity contribution in [2.75, 3.05) is 5.32 Å². The molecule has 0 atom stereocenters. The van der Waals surface area contributed by atoms with Crippen LogP contribution >= 0.6 is 11.8 Å². The molecule has 3 aromatic rings. The molecule has 27 heavy (non-hydrogen) atoms. The third-order valence-electron chi connectivity index (χ3n) is 3.56. The lowest BCUT2D eigenvalue weighted by molar-refractivity contribution is -0.0498. The van der Waals surface area contributed by atoms with Crippen LogP contribution in [0.4, 0.5) is 14.5 Å². The van der Waals surface area contributed by atoms with Crippen molar-refractivity contribution in [1.82, 2.24) is 4.98 Å². The number of thioether (sulfide) groups is 1. The van der Waals surface area contributed by atoms with Crippen LogP contribution in [0.15, 0.2) is 78.0 Å². The molecular weight excluding hydrogens is 370 g/mol. The Hall–Kier alpha value is -2.93. The minimum atomic E-state index is -2.93. The zero-order valence-corrected chi connectivity index (χ0v) is 15.0. The number of hydrogen-bond donors (Lipinski definition) is 1. The molecule has 0 saturated carbocycles. The second-order valence-corrected chi connectivity index (χ2v) is 6.58. The molecule has 0 unspecified atom stereocenters. The summed E-state index contributed by atoms with van der Waals surface area (Å²) >= 11 is 1.66. The number of carbonyl (C=O) groups is 1.